The van der Waals surface area contributed by atoms with Gasteiger partial charge in [-0.1, -0.05) is 26.8 Å². The molecule has 204 valence electrons. The van der Waals surface area contributed by atoms with Gasteiger partial charge in [0.25, 0.3) is 11.9 Å². The Morgan fingerprint density at radius 3 is 2.76 bits per heavy atom. The number of ether oxygens (including phenoxy) is 1. The predicted molar refractivity (Wildman–Crippen MR) is 132 cm³/mol. The van der Waals surface area contributed by atoms with Gasteiger partial charge in [0.2, 0.25) is 11.8 Å². The summed E-state index contributed by atoms with van der Waals surface area (Å²) in [4.78, 5) is 38.7. The first kappa shape index (κ1) is 27.5. The van der Waals surface area contributed by atoms with Crippen LogP contribution in [0.4, 0.5) is 19.1 Å². The first-order valence-corrected chi connectivity index (χ1v) is 12.3. The summed E-state index contributed by atoms with van der Waals surface area (Å²) in [7, 11) is 1.63. The van der Waals surface area contributed by atoms with Crippen LogP contribution in [0.15, 0.2) is 46.3 Å². The zero-order valence-electron chi connectivity index (χ0n) is 21.6. The van der Waals surface area contributed by atoms with Gasteiger partial charge < -0.3 is 20.1 Å². The molecular formula is C26H30F3N5O4. The smallest absolute Gasteiger partial charge is 0.423 e. The van der Waals surface area contributed by atoms with Crippen LogP contribution >= 0.6 is 0 Å². The number of carbonyl (C=O) groups excluding carboxylic acids is 2. The number of aliphatic hydroxyl groups is 1. The molecule has 2 unspecified atom stereocenters. The lowest BCUT2D eigenvalue weighted by Crippen LogP contribution is -2.38. The maximum absolute atomic E-state index is 13.8. The van der Waals surface area contributed by atoms with Crippen molar-refractivity contribution in [1.29, 1.82) is 0 Å². The molecule has 2 N–H and O–H groups in total. The summed E-state index contributed by atoms with van der Waals surface area (Å²) < 4.78 is 47.2. The van der Waals surface area contributed by atoms with E-state index in [1.54, 1.807) is 25.3 Å². The number of aliphatic hydroxyl groups excluding tert-OH is 1. The summed E-state index contributed by atoms with van der Waals surface area (Å²) in [6, 6.07) is 0. The van der Waals surface area contributed by atoms with Gasteiger partial charge in [0, 0.05) is 37.5 Å². The molecule has 0 radical (unpaired) electrons. The molecule has 0 bridgehead atoms. The normalized spacial score (nSPS) is 24.0. The van der Waals surface area contributed by atoms with E-state index in [0.29, 0.717) is 31.3 Å². The minimum absolute atomic E-state index is 0.0462. The summed E-state index contributed by atoms with van der Waals surface area (Å²) >= 11 is 0. The summed E-state index contributed by atoms with van der Waals surface area (Å²) in [5.41, 5.74) is -0.220. The van der Waals surface area contributed by atoms with Gasteiger partial charge in [-0.3, -0.25) is 9.59 Å². The molecule has 2 aliphatic carbocycles. The minimum atomic E-state index is -4.80. The average molecular weight is 534 g/mol. The van der Waals surface area contributed by atoms with Crippen LogP contribution in [0.3, 0.4) is 0 Å². The second-order valence-electron chi connectivity index (χ2n) is 10.3. The molecule has 2 heterocycles. The van der Waals surface area contributed by atoms with E-state index in [2.05, 4.69) is 20.3 Å². The number of halogens is 3. The van der Waals surface area contributed by atoms with Gasteiger partial charge in [0.05, 0.1) is 18.1 Å². The number of likely N-dealkylation sites (N-methyl/N-ethyl adjacent to an activating group) is 1. The molecule has 1 aromatic rings. The van der Waals surface area contributed by atoms with Crippen LogP contribution in [-0.2, 0) is 15.8 Å². The first-order valence-electron chi connectivity index (χ1n) is 12.3. The largest absolute Gasteiger partial charge is 0.438 e. The fourth-order valence-electron chi connectivity index (χ4n) is 4.75. The Hall–Kier alpha value is -3.54. The van der Waals surface area contributed by atoms with Crippen LogP contribution in [-0.4, -0.2) is 64.2 Å². The van der Waals surface area contributed by atoms with Gasteiger partial charge in [-0.05, 0) is 36.5 Å². The van der Waals surface area contributed by atoms with Gasteiger partial charge >= 0.3 is 6.18 Å². The van der Waals surface area contributed by atoms with E-state index >= 15 is 0 Å². The van der Waals surface area contributed by atoms with E-state index in [-0.39, 0.29) is 48.2 Å². The number of alkyl halides is 3. The number of nitrogens with one attached hydrogen (secondary N) is 1. The standard InChI is InChI=1S/C26H30F3N5O4/c1-14-5-7-18(20-16(14)13-34(4)23(20)37)38-22-17(26(27,28)29)12-31-24(33-22)32-19-8-6-15(11-25(19,2)3)21(36)30-9-10-35/h6-8,12,14-15,35H,5,9-11,13H2,1-4H3,(H,30,36). The third kappa shape index (κ3) is 5.50. The topological polar surface area (TPSA) is 117 Å². The van der Waals surface area contributed by atoms with Crippen molar-refractivity contribution in [2.45, 2.75) is 39.8 Å². The Bertz CT molecular complexity index is 1270. The van der Waals surface area contributed by atoms with Crippen molar-refractivity contribution in [1.82, 2.24) is 20.2 Å². The van der Waals surface area contributed by atoms with Crippen LogP contribution in [0.2, 0.25) is 0 Å². The quantitative estimate of drug-likeness (QED) is 0.579. The number of nitrogens with zero attached hydrogens (tertiary/aromatic N) is 4. The number of hydrogen-bond acceptors (Lipinski definition) is 7. The van der Waals surface area contributed by atoms with Crippen molar-refractivity contribution in [2.75, 3.05) is 26.7 Å². The van der Waals surface area contributed by atoms with Crippen LogP contribution in [0, 0.1) is 17.3 Å². The molecule has 0 saturated heterocycles. The van der Waals surface area contributed by atoms with Crippen molar-refractivity contribution < 1.29 is 32.6 Å². The fourth-order valence-corrected chi connectivity index (χ4v) is 4.75. The number of aromatic nitrogens is 2. The molecule has 0 fully saturated rings. The maximum atomic E-state index is 13.8. The SMILES string of the molecule is CC1CC=C(Oc2nc(N=C3C=CC(C(=O)NCCO)CC3(C)C)ncc2C(F)(F)F)C2=C1CN(C)C2=O. The molecule has 12 heteroatoms. The number of aliphatic imine (C=N–C) groups is 1. The second-order valence-corrected chi connectivity index (χ2v) is 10.3. The van der Waals surface area contributed by atoms with Gasteiger partial charge in [0.15, 0.2) is 0 Å². The first-order chi connectivity index (χ1) is 17.8. The number of rotatable bonds is 6. The lowest BCUT2D eigenvalue weighted by molar-refractivity contribution is -0.139. The van der Waals surface area contributed by atoms with Gasteiger partial charge in [-0.2, -0.15) is 18.2 Å². The minimum Gasteiger partial charge on any atom is -0.438 e. The lowest BCUT2D eigenvalue weighted by atomic mass is 9.74. The van der Waals surface area contributed by atoms with Crippen molar-refractivity contribution in [3.8, 4) is 5.88 Å². The van der Waals surface area contributed by atoms with Gasteiger partial charge in [0.1, 0.15) is 11.3 Å². The zero-order valence-corrected chi connectivity index (χ0v) is 21.6. The number of amides is 2. The molecule has 2 atom stereocenters. The lowest BCUT2D eigenvalue weighted by Gasteiger charge is -2.32. The molecule has 0 spiro atoms. The highest BCUT2D eigenvalue weighted by Gasteiger charge is 2.40. The number of allylic oxidation sites excluding steroid dienone is 2. The highest BCUT2D eigenvalue weighted by molar-refractivity contribution is 6.03. The Kier molecular flexibility index (Phi) is 7.46. The zero-order chi connectivity index (χ0) is 27.8. The second kappa shape index (κ2) is 10.3. The summed E-state index contributed by atoms with van der Waals surface area (Å²) in [5, 5.41) is 11.6. The molecule has 0 saturated carbocycles. The molecule has 2 amide bonds. The molecule has 38 heavy (non-hydrogen) atoms. The Morgan fingerprint density at radius 2 is 2.11 bits per heavy atom. The Labute approximate surface area is 218 Å². The molecule has 1 aliphatic heterocycles. The summed E-state index contributed by atoms with van der Waals surface area (Å²) in [6.45, 7) is 6.02. The van der Waals surface area contributed by atoms with Gasteiger partial charge in [-0.25, -0.2) is 9.98 Å². The summed E-state index contributed by atoms with van der Waals surface area (Å²) in [6.07, 6.45) is 1.63. The van der Waals surface area contributed by atoms with Crippen LogP contribution in [0.5, 0.6) is 5.88 Å². The van der Waals surface area contributed by atoms with E-state index in [1.807, 2.05) is 20.8 Å². The van der Waals surface area contributed by atoms with E-state index in [0.717, 1.165) is 5.57 Å². The van der Waals surface area contributed by atoms with Crippen molar-refractivity contribution in [2.24, 2.45) is 22.2 Å². The highest BCUT2D eigenvalue weighted by atomic mass is 19.4. The molecule has 9 nitrogen and oxygen atoms in total. The number of hydrogen-bond donors (Lipinski definition) is 2. The van der Waals surface area contributed by atoms with Crippen LogP contribution < -0.4 is 10.1 Å². The number of carbonyl (C=O) groups is 2. The van der Waals surface area contributed by atoms with Crippen molar-refractivity contribution in [3.05, 3.63) is 46.9 Å². The van der Waals surface area contributed by atoms with Crippen molar-refractivity contribution in [3.63, 3.8) is 0 Å². The molecule has 4 rings (SSSR count). The molecule has 1 aromatic heterocycles. The fraction of sp³-hybridized carbons (Fsp3) is 0.500. The predicted octanol–water partition coefficient (Wildman–Crippen LogP) is 3.35. The highest BCUT2D eigenvalue weighted by Crippen LogP contribution is 2.41. The van der Waals surface area contributed by atoms with Crippen LogP contribution in [0.1, 0.15) is 39.2 Å². The Morgan fingerprint density at radius 1 is 1.37 bits per heavy atom. The summed E-state index contributed by atoms with van der Waals surface area (Å²) in [5.74, 6) is -1.86. The maximum Gasteiger partial charge on any atom is 0.423 e. The van der Waals surface area contributed by atoms with E-state index in [4.69, 9.17) is 9.84 Å². The van der Waals surface area contributed by atoms with Crippen LogP contribution in [0.25, 0.3) is 0 Å². The molecule has 0 aromatic carbocycles. The van der Waals surface area contributed by atoms with E-state index in [1.165, 1.54) is 4.90 Å². The van der Waals surface area contributed by atoms with E-state index < -0.39 is 29.0 Å². The monoisotopic (exact) mass is 533 g/mol. The average Bonchev–Trinajstić information content (AvgIpc) is 3.15. The van der Waals surface area contributed by atoms with Gasteiger partial charge in [-0.15, -0.1) is 0 Å². The third-order valence-corrected chi connectivity index (χ3v) is 6.92. The third-order valence-electron chi connectivity index (χ3n) is 6.92. The van der Waals surface area contributed by atoms with E-state index in [9.17, 15) is 22.8 Å². The Balaban J connectivity index is 1.67. The molecular weight excluding hydrogens is 503 g/mol. The van der Waals surface area contributed by atoms with Crippen molar-refractivity contribution >= 4 is 23.5 Å². The molecule has 3 aliphatic rings.